The van der Waals surface area contributed by atoms with Gasteiger partial charge < -0.3 is 10.5 Å². The van der Waals surface area contributed by atoms with Gasteiger partial charge >= 0.3 is 0 Å². The highest BCUT2D eigenvalue weighted by atomic mass is 32.2. The number of hydrogen-bond acceptors (Lipinski definition) is 5. The maximum absolute atomic E-state index is 12.4. The van der Waals surface area contributed by atoms with Crippen LogP contribution < -0.4 is 10.5 Å². The van der Waals surface area contributed by atoms with E-state index in [0.29, 0.717) is 22.6 Å². The zero-order valence-electron chi connectivity index (χ0n) is 11.4. The Kier molecular flexibility index (Phi) is 4.15. The van der Waals surface area contributed by atoms with Gasteiger partial charge in [0, 0.05) is 11.3 Å². The third-order valence-corrected chi connectivity index (χ3v) is 4.68. The maximum Gasteiger partial charge on any atom is 0.182 e. The Balaban J connectivity index is 2.41. The number of nitrogen functional groups attached to an aromatic ring is 1. The topological polar surface area (TPSA) is 93.2 Å². The Hall–Kier alpha value is -2.52. The first-order valence-corrected chi connectivity index (χ1v) is 7.77. The number of ether oxygens (including phenoxy) is 1. The molecule has 0 aliphatic heterocycles. The number of sulfone groups is 1. The first-order valence-electron chi connectivity index (χ1n) is 6.11. The summed E-state index contributed by atoms with van der Waals surface area (Å²) in [4.78, 5) is 0.182. The van der Waals surface area contributed by atoms with Crippen LogP contribution >= 0.6 is 0 Å². The number of nitrogens with two attached hydrogens (primary N) is 1. The van der Waals surface area contributed by atoms with Crippen molar-refractivity contribution in [1.29, 1.82) is 5.26 Å². The average Bonchev–Trinajstić information content (AvgIpc) is 2.47. The van der Waals surface area contributed by atoms with E-state index in [0.717, 1.165) is 0 Å². The largest absolute Gasteiger partial charge is 0.496 e. The summed E-state index contributed by atoms with van der Waals surface area (Å²) in [7, 11) is -2.07. The number of nitrogens with zero attached hydrogens (tertiary/aromatic N) is 1. The van der Waals surface area contributed by atoms with Crippen LogP contribution in [0.15, 0.2) is 47.4 Å². The SMILES string of the molecule is COc1ccc(C#N)cc1CS(=O)(=O)c1ccc(N)cc1. The van der Waals surface area contributed by atoms with Crippen molar-refractivity contribution in [3.05, 3.63) is 53.6 Å². The summed E-state index contributed by atoms with van der Waals surface area (Å²) in [5.41, 5.74) is 6.89. The van der Waals surface area contributed by atoms with E-state index in [1.54, 1.807) is 12.1 Å². The van der Waals surface area contributed by atoms with Crippen LogP contribution in [0.3, 0.4) is 0 Å². The molecule has 2 aromatic rings. The Morgan fingerprint density at radius 2 is 1.86 bits per heavy atom. The smallest absolute Gasteiger partial charge is 0.182 e. The van der Waals surface area contributed by atoms with Gasteiger partial charge in [-0.1, -0.05) is 0 Å². The fourth-order valence-corrected chi connectivity index (χ4v) is 3.28. The fraction of sp³-hybridized carbons (Fsp3) is 0.133. The molecule has 21 heavy (non-hydrogen) atoms. The zero-order chi connectivity index (χ0) is 15.5. The van der Waals surface area contributed by atoms with Gasteiger partial charge in [0.05, 0.1) is 29.4 Å². The molecule has 0 amide bonds. The Bertz CT molecular complexity index is 791. The van der Waals surface area contributed by atoms with Gasteiger partial charge in [-0.2, -0.15) is 5.26 Å². The van der Waals surface area contributed by atoms with Gasteiger partial charge in [0.15, 0.2) is 9.84 Å². The molecule has 0 heterocycles. The van der Waals surface area contributed by atoms with Crippen molar-refractivity contribution in [3.8, 4) is 11.8 Å². The van der Waals surface area contributed by atoms with E-state index in [2.05, 4.69) is 0 Å². The van der Waals surface area contributed by atoms with Crippen LogP contribution in [-0.4, -0.2) is 15.5 Å². The summed E-state index contributed by atoms with van der Waals surface area (Å²) < 4.78 is 30.0. The van der Waals surface area contributed by atoms with Gasteiger partial charge in [-0.3, -0.25) is 0 Å². The molecule has 0 aliphatic carbocycles. The van der Waals surface area contributed by atoms with Crippen molar-refractivity contribution < 1.29 is 13.2 Å². The standard InChI is InChI=1S/C15H14N2O3S/c1-20-15-7-2-11(9-16)8-12(15)10-21(18,19)14-5-3-13(17)4-6-14/h2-8H,10,17H2,1H3. The minimum Gasteiger partial charge on any atom is -0.496 e. The fourth-order valence-electron chi connectivity index (χ4n) is 1.92. The number of methoxy groups -OCH3 is 1. The molecule has 2 aromatic carbocycles. The molecule has 0 atom stereocenters. The monoisotopic (exact) mass is 302 g/mol. The number of benzene rings is 2. The number of nitriles is 1. The van der Waals surface area contributed by atoms with E-state index in [1.807, 2.05) is 6.07 Å². The van der Waals surface area contributed by atoms with E-state index >= 15 is 0 Å². The maximum atomic E-state index is 12.4. The second kappa shape index (κ2) is 5.85. The van der Waals surface area contributed by atoms with Crippen molar-refractivity contribution in [2.75, 3.05) is 12.8 Å². The zero-order valence-corrected chi connectivity index (χ0v) is 12.2. The normalized spacial score (nSPS) is 10.9. The molecular formula is C15H14N2O3S. The van der Waals surface area contributed by atoms with Crippen LogP contribution in [-0.2, 0) is 15.6 Å². The number of rotatable bonds is 4. The minimum atomic E-state index is -3.53. The van der Waals surface area contributed by atoms with Crippen LogP contribution in [0.5, 0.6) is 5.75 Å². The van der Waals surface area contributed by atoms with Crippen molar-refractivity contribution in [2.45, 2.75) is 10.6 Å². The van der Waals surface area contributed by atoms with Gasteiger partial charge in [-0.05, 0) is 42.5 Å². The van der Waals surface area contributed by atoms with E-state index in [9.17, 15) is 8.42 Å². The van der Waals surface area contributed by atoms with E-state index < -0.39 is 9.84 Å². The highest BCUT2D eigenvalue weighted by Crippen LogP contribution is 2.25. The molecule has 0 aliphatic rings. The van der Waals surface area contributed by atoms with Gasteiger partial charge in [-0.25, -0.2) is 8.42 Å². The lowest BCUT2D eigenvalue weighted by molar-refractivity contribution is 0.411. The molecular weight excluding hydrogens is 288 g/mol. The Labute approximate surface area is 123 Å². The van der Waals surface area contributed by atoms with Gasteiger partial charge in [0.25, 0.3) is 0 Å². The molecule has 5 nitrogen and oxygen atoms in total. The van der Waals surface area contributed by atoms with Crippen molar-refractivity contribution in [3.63, 3.8) is 0 Å². The Morgan fingerprint density at radius 1 is 1.19 bits per heavy atom. The van der Waals surface area contributed by atoms with Gasteiger partial charge in [0.1, 0.15) is 5.75 Å². The highest BCUT2D eigenvalue weighted by Gasteiger charge is 2.18. The van der Waals surface area contributed by atoms with Crippen molar-refractivity contribution in [2.24, 2.45) is 0 Å². The average molecular weight is 302 g/mol. The molecule has 108 valence electrons. The number of hydrogen-bond donors (Lipinski definition) is 1. The summed E-state index contributed by atoms with van der Waals surface area (Å²) in [6, 6.07) is 12.7. The predicted molar refractivity (Wildman–Crippen MR) is 79.5 cm³/mol. The molecule has 0 unspecified atom stereocenters. The van der Waals surface area contributed by atoms with Crippen molar-refractivity contribution >= 4 is 15.5 Å². The molecule has 0 saturated heterocycles. The predicted octanol–water partition coefficient (Wildman–Crippen LogP) is 2.12. The summed E-state index contributed by atoms with van der Waals surface area (Å²) in [6.07, 6.45) is 0. The van der Waals surface area contributed by atoms with E-state index in [4.69, 9.17) is 15.7 Å². The summed E-state index contributed by atoms with van der Waals surface area (Å²) in [5.74, 6) is 0.198. The minimum absolute atomic E-state index is 0.182. The first kappa shape index (κ1) is 14.9. The van der Waals surface area contributed by atoms with E-state index in [-0.39, 0.29) is 10.6 Å². The lowest BCUT2D eigenvalue weighted by Crippen LogP contribution is -2.06. The quantitative estimate of drug-likeness (QED) is 0.873. The van der Waals surface area contributed by atoms with Crippen LogP contribution in [0.2, 0.25) is 0 Å². The second-order valence-electron chi connectivity index (χ2n) is 4.47. The van der Waals surface area contributed by atoms with Crippen LogP contribution in [0.4, 0.5) is 5.69 Å². The summed E-state index contributed by atoms with van der Waals surface area (Å²) >= 11 is 0. The third kappa shape index (κ3) is 3.33. The van der Waals surface area contributed by atoms with Crippen LogP contribution in [0.1, 0.15) is 11.1 Å². The number of anilines is 1. The molecule has 0 saturated carbocycles. The van der Waals surface area contributed by atoms with Gasteiger partial charge in [0.2, 0.25) is 0 Å². The van der Waals surface area contributed by atoms with Gasteiger partial charge in [-0.15, -0.1) is 0 Å². The van der Waals surface area contributed by atoms with E-state index in [1.165, 1.54) is 37.4 Å². The first-order chi connectivity index (χ1) is 9.96. The van der Waals surface area contributed by atoms with Crippen LogP contribution in [0.25, 0.3) is 0 Å². The molecule has 0 aromatic heterocycles. The molecule has 0 radical (unpaired) electrons. The lowest BCUT2D eigenvalue weighted by Gasteiger charge is -2.10. The Morgan fingerprint density at radius 3 is 2.43 bits per heavy atom. The van der Waals surface area contributed by atoms with Crippen LogP contribution in [0, 0.1) is 11.3 Å². The second-order valence-corrected chi connectivity index (χ2v) is 6.46. The molecule has 0 bridgehead atoms. The summed E-state index contributed by atoms with van der Waals surface area (Å²) in [5, 5.41) is 8.92. The van der Waals surface area contributed by atoms with Crippen molar-refractivity contribution in [1.82, 2.24) is 0 Å². The molecule has 0 fully saturated rings. The molecule has 6 heteroatoms. The molecule has 0 spiro atoms. The highest BCUT2D eigenvalue weighted by molar-refractivity contribution is 7.90. The molecule has 2 N–H and O–H groups in total. The molecule has 2 rings (SSSR count). The summed E-state index contributed by atoms with van der Waals surface area (Å²) in [6.45, 7) is 0. The lowest BCUT2D eigenvalue weighted by atomic mass is 10.1. The third-order valence-electron chi connectivity index (χ3n) is 2.99.